The Morgan fingerprint density at radius 3 is 2.58 bits per heavy atom. The molecule has 5 nitrogen and oxygen atoms in total. The molecule has 26 heavy (non-hydrogen) atoms. The Labute approximate surface area is 151 Å². The van der Waals surface area contributed by atoms with Gasteiger partial charge in [-0.1, -0.05) is 12.1 Å². The highest BCUT2D eigenvalue weighted by atomic mass is 19.1. The number of rotatable bonds is 4. The van der Waals surface area contributed by atoms with E-state index in [9.17, 15) is 19.1 Å². The molecule has 0 saturated carbocycles. The van der Waals surface area contributed by atoms with E-state index >= 15 is 0 Å². The van der Waals surface area contributed by atoms with Gasteiger partial charge in [0.05, 0.1) is 6.61 Å². The van der Waals surface area contributed by atoms with Crippen LogP contribution in [0.5, 0.6) is 0 Å². The van der Waals surface area contributed by atoms with E-state index in [0.717, 1.165) is 0 Å². The Kier molecular flexibility index (Phi) is 5.04. The average molecular weight is 356 g/mol. The van der Waals surface area contributed by atoms with Crippen LogP contribution in [0.3, 0.4) is 0 Å². The molecule has 0 spiro atoms. The summed E-state index contributed by atoms with van der Waals surface area (Å²) in [5.41, 5.74) is 1.19. The van der Waals surface area contributed by atoms with Gasteiger partial charge in [-0.25, -0.2) is 4.39 Å². The first-order valence-electron chi connectivity index (χ1n) is 8.47. The lowest BCUT2D eigenvalue weighted by Crippen LogP contribution is -2.37. The number of aliphatic hydroxyl groups is 1. The van der Waals surface area contributed by atoms with Gasteiger partial charge in [0.15, 0.2) is 0 Å². The summed E-state index contributed by atoms with van der Waals surface area (Å²) in [5.74, 6) is -0.675. The molecule has 2 aromatic rings. The SMILES string of the molecule is CC(=O)Nc1ccc(C(=O)N2CCC(CO)(c3cccc(F)c3)C2)cc1. The van der Waals surface area contributed by atoms with Gasteiger partial charge in [-0.05, 0) is 48.4 Å². The van der Waals surface area contributed by atoms with E-state index in [0.29, 0.717) is 36.3 Å². The summed E-state index contributed by atoms with van der Waals surface area (Å²) in [6, 6.07) is 12.9. The van der Waals surface area contributed by atoms with Crippen molar-refractivity contribution in [1.29, 1.82) is 0 Å². The minimum atomic E-state index is -0.645. The summed E-state index contributed by atoms with van der Waals surface area (Å²) >= 11 is 0. The average Bonchev–Trinajstić information content (AvgIpc) is 3.07. The number of hydrogen-bond acceptors (Lipinski definition) is 3. The van der Waals surface area contributed by atoms with Gasteiger partial charge < -0.3 is 15.3 Å². The van der Waals surface area contributed by atoms with E-state index in [1.54, 1.807) is 41.3 Å². The second-order valence-corrected chi connectivity index (χ2v) is 6.68. The number of hydrogen-bond donors (Lipinski definition) is 2. The van der Waals surface area contributed by atoms with Crippen LogP contribution in [0.25, 0.3) is 0 Å². The van der Waals surface area contributed by atoms with Gasteiger partial charge in [-0.2, -0.15) is 0 Å². The topological polar surface area (TPSA) is 69.6 Å². The summed E-state index contributed by atoms with van der Waals surface area (Å²) in [6.45, 7) is 2.09. The van der Waals surface area contributed by atoms with Crippen molar-refractivity contribution >= 4 is 17.5 Å². The molecule has 0 bridgehead atoms. The molecule has 1 atom stereocenters. The molecule has 1 aliphatic heterocycles. The molecule has 2 amide bonds. The zero-order valence-electron chi connectivity index (χ0n) is 14.5. The molecule has 3 rings (SSSR count). The predicted molar refractivity (Wildman–Crippen MR) is 96.4 cm³/mol. The van der Waals surface area contributed by atoms with E-state index < -0.39 is 5.41 Å². The largest absolute Gasteiger partial charge is 0.395 e. The van der Waals surface area contributed by atoms with Crippen LogP contribution in [0.4, 0.5) is 10.1 Å². The molecule has 6 heteroatoms. The number of nitrogens with one attached hydrogen (secondary N) is 1. The van der Waals surface area contributed by atoms with Gasteiger partial charge in [-0.15, -0.1) is 0 Å². The lowest BCUT2D eigenvalue weighted by molar-refractivity contribution is -0.114. The number of carbonyl (C=O) groups is 2. The number of likely N-dealkylation sites (tertiary alicyclic amines) is 1. The maximum Gasteiger partial charge on any atom is 0.253 e. The van der Waals surface area contributed by atoms with Crippen LogP contribution >= 0.6 is 0 Å². The van der Waals surface area contributed by atoms with Crippen molar-refractivity contribution in [2.75, 3.05) is 25.0 Å². The number of anilines is 1. The first-order chi connectivity index (χ1) is 12.4. The first kappa shape index (κ1) is 18.1. The lowest BCUT2D eigenvalue weighted by Gasteiger charge is -2.27. The van der Waals surface area contributed by atoms with Crippen LogP contribution in [0.2, 0.25) is 0 Å². The molecule has 2 N–H and O–H groups in total. The fraction of sp³-hybridized carbons (Fsp3) is 0.300. The highest BCUT2D eigenvalue weighted by molar-refractivity contribution is 5.95. The molecule has 1 unspecified atom stereocenters. The number of amides is 2. The molecule has 136 valence electrons. The lowest BCUT2D eigenvalue weighted by atomic mass is 9.80. The fourth-order valence-electron chi connectivity index (χ4n) is 3.40. The predicted octanol–water partition coefficient (Wildman–Crippen LogP) is 2.56. The highest BCUT2D eigenvalue weighted by Crippen LogP contribution is 2.35. The van der Waals surface area contributed by atoms with Crippen molar-refractivity contribution in [2.45, 2.75) is 18.8 Å². The number of carbonyl (C=O) groups excluding carboxylic acids is 2. The third kappa shape index (κ3) is 3.60. The van der Waals surface area contributed by atoms with E-state index in [4.69, 9.17) is 0 Å². The molecular formula is C20H21FN2O3. The zero-order valence-corrected chi connectivity index (χ0v) is 14.5. The Hall–Kier alpha value is -2.73. The zero-order chi connectivity index (χ0) is 18.7. The summed E-state index contributed by atoms with van der Waals surface area (Å²) in [5, 5.41) is 12.6. The second-order valence-electron chi connectivity index (χ2n) is 6.68. The molecule has 1 aliphatic rings. The third-order valence-corrected chi connectivity index (χ3v) is 4.83. The Balaban J connectivity index is 1.76. The van der Waals surface area contributed by atoms with Gasteiger partial charge >= 0.3 is 0 Å². The maximum absolute atomic E-state index is 13.6. The number of halogens is 1. The van der Waals surface area contributed by atoms with Gasteiger partial charge in [0.2, 0.25) is 5.91 Å². The summed E-state index contributed by atoms with van der Waals surface area (Å²) in [4.78, 5) is 25.5. The molecule has 0 aromatic heterocycles. The van der Waals surface area contributed by atoms with Crippen molar-refractivity contribution in [3.8, 4) is 0 Å². The normalized spacial score (nSPS) is 19.4. The Morgan fingerprint density at radius 2 is 1.96 bits per heavy atom. The number of aliphatic hydroxyl groups excluding tert-OH is 1. The van der Waals surface area contributed by atoms with E-state index in [2.05, 4.69) is 5.32 Å². The Bertz CT molecular complexity index is 822. The van der Waals surface area contributed by atoms with Crippen LogP contribution in [-0.2, 0) is 10.2 Å². The van der Waals surface area contributed by atoms with Crippen molar-refractivity contribution in [3.63, 3.8) is 0 Å². The van der Waals surface area contributed by atoms with Crippen LogP contribution in [0, 0.1) is 5.82 Å². The smallest absolute Gasteiger partial charge is 0.253 e. The minimum absolute atomic E-state index is 0.147. The molecule has 0 radical (unpaired) electrons. The quantitative estimate of drug-likeness (QED) is 0.885. The van der Waals surface area contributed by atoms with E-state index in [1.807, 2.05) is 0 Å². The molecular weight excluding hydrogens is 335 g/mol. The summed E-state index contributed by atoms with van der Waals surface area (Å²) in [7, 11) is 0. The molecule has 2 aromatic carbocycles. The van der Waals surface area contributed by atoms with Gasteiger partial charge in [0, 0.05) is 36.7 Å². The first-order valence-corrected chi connectivity index (χ1v) is 8.47. The van der Waals surface area contributed by atoms with Crippen molar-refractivity contribution in [2.24, 2.45) is 0 Å². The molecule has 1 heterocycles. The van der Waals surface area contributed by atoms with Gasteiger partial charge in [0.1, 0.15) is 5.82 Å². The van der Waals surface area contributed by atoms with Crippen molar-refractivity contribution in [1.82, 2.24) is 4.90 Å². The molecule has 0 aliphatic carbocycles. The molecule has 1 saturated heterocycles. The standard InChI is InChI=1S/C20H21FN2O3/c1-14(25)22-18-7-5-15(6-8-18)19(26)23-10-9-20(12-23,13-24)16-3-2-4-17(21)11-16/h2-8,11,24H,9-10,12-13H2,1H3,(H,22,25). The number of benzene rings is 2. The van der Waals surface area contributed by atoms with Crippen molar-refractivity contribution in [3.05, 3.63) is 65.5 Å². The van der Waals surface area contributed by atoms with Crippen LogP contribution in [0.1, 0.15) is 29.3 Å². The third-order valence-electron chi connectivity index (χ3n) is 4.83. The minimum Gasteiger partial charge on any atom is -0.395 e. The van der Waals surface area contributed by atoms with Crippen molar-refractivity contribution < 1.29 is 19.1 Å². The molecule has 1 fully saturated rings. The van der Waals surface area contributed by atoms with Gasteiger partial charge in [-0.3, -0.25) is 9.59 Å². The van der Waals surface area contributed by atoms with E-state index in [-0.39, 0.29) is 24.2 Å². The Morgan fingerprint density at radius 1 is 1.23 bits per heavy atom. The fourth-order valence-corrected chi connectivity index (χ4v) is 3.40. The second kappa shape index (κ2) is 7.25. The highest BCUT2D eigenvalue weighted by Gasteiger charge is 2.41. The van der Waals surface area contributed by atoms with E-state index in [1.165, 1.54) is 19.1 Å². The number of nitrogens with zero attached hydrogens (tertiary/aromatic N) is 1. The summed E-state index contributed by atoms with van der Waals surface area (Å²) in [6.07, 6.45) is 0.572. The van der Waals surface area contributed by atoms with Crippen LogP contribution in [-0.4, -0.2) is 41.5 Å². The van der Waals surface area contributed by atoms with Crippen LogP contribution < -0.4 is 5.32 Å². The maximum atomic E-state index is 13.6. The monoisotopic (exact) mass is 356 g/mol. The van der Waals surface area contributed by atoms with Crippen LogP contribution in [0.15, 0.2) is 48.5 Å². The summed E-state index contributed by atoms with van der Waals surface area (Å²) < 4.78 is 13.6. The van der Waals surface area contributed by atoms with Gasteiger partial charge in [0.25, 0.3) is 5.91 Å².